The van der Waals surface area contributed by atoms with Crippen molar-refractivity contribution in [3.05, 3.63) is 58.6 Å². The Balaban J connectivity index is 1.47. The highest BCUT2D eigenvalue weighted by Crippen LogP contribution is 2.34. The average Bonchev–Trinajstić information content (AvgIpc) is 3.39. The lowest BCUT2D eigenvalue weighted by atomic mass is 10.2. The average molecular weight is 459 g/mol. The molecule has 0 unspecified atom stereocenters. The maximum absolute atomic E-state index is 5.97. The number of thiazole rings is 1. The Morgan fingerprint density at radius 2 is 1.73 bits per heavy atom. The van der Waals surface area contributed by atoms with E-state index in [1.54, 1.807) is 37.3 Å². The fourth-order valence-corrected chi connectivity index (χ4v) is 4.76. The minimum Gasteiger partial charge on any atom is -0.493 e. The molecular formula is C21H19ClN4O2S2. The highest BCUT2D eigenvalue weighted by molar-refractivity contribution is 7.98. The Hall–Kier alpha value is -2.55. The molecule has 0 aliphatic heterocycles. The minimum atomic E-state index is 0.690. The maximum Gasteiger partial charge on any atom is 0.191 e. The van der Waals surface area contributed by atoms with Crippen molar-refractivity contribution in [3.63, 3.8) is 0 Å². The van der Waals surface area contributed by atoms with E-state index in [0.717, 1.165) is 32.8 Å². The van der Waals surface area contributed by atoms with Gasteiger partial charge in [0, 0.05) is 34.3 Å². The number of methoxy groups -OCH3 is 2. The summed E-state index contributed by atoms with van der Waals surface area (Å²) in [6.45, 7) is 0. The Kier molecular flexibility index (Phi) is 6.26. The number of benzene rings is 2. The van der Waals surface area contributed by atoms with Crippen LogP contribution in [-0.2, 0) is 12.8 Å². The zero-order valence-electron chi connectivity index (χ0n) is 16.6. The Labute approximate surface area is 187 Å². The van der Waals surface area contributed by atoms with Crippen LogP contribution in [0.15, 0.2) is 53.0 Å². The molecule has 0 aliphatic carbocycles. The van der Waals surface area contributed by atoms with Crippen LogP contribution in [0.1, 0.15) is 5.69 Å². The van der Waals surface area contributed by atoms with E-state index in [2.05, 4.69) is 15.6 Å². The van der Waals surface area contributed by atoms with E-state index in [9.17, 15) is 0 Å². The molecule has 4 aromatic rings. The van der Waals surface area contributed by atoms with Gasteiger partial charge in [-0.1, -0.05) is 23.4 Å². The molecule has 0 saturated heterocycles. The van der Waals surface area contributed by atoms with Crippen LogP contribution < -0.4 is 9.47 Å². The van der Waals surface area contributed by atoms with Crippen LogP contribution in [-0.4, -0.2) is 34.0 Å². The van der Waals surface area contributed by atoms with Gasteiger partial charge in [0.15, 0.2) is 22.5 Å². The van der Waals surface area contributed by atoms with Crippen LogP contribution in [0.5, 0.6) is 11.5 Å². The number of nitrogens with zero attached hydrogens (tertiary/aromatic N) is 4. The normalized spacial score (nSPS) is 10.9. The molecule has 4 rings (SSSR count). The van der Waals surface area contributed by atoms with E-state index in [-0.39, 0.29) is 0 Å². The SMILES string of the molecule is COc1ccc(-c2nc(CSc3nnc(-c4ccc(Cl)cc4)n3C)cs2)cc1OC. The summed E-state index contributed by atoms with van der Waals surface area (Å²) < 4.78 is 12.7. The topological polar surface area (TPSA) is 62.1 Å². The van der Waals surface area contributed by atoms with Gasteiger partial charge >= 0.3 is 0 Å². The molecule has 2 heterocycles. The fourth-order valence-electron chi connectivity index (χ4n) is 2.90. The summed E-state index contributed by atoms with van der Waals surface area (Å²) in [5.74, 6) is 2.90. The molecule has 0 N–H and O–H groups in total. The molecule has 0 spiro atoms. The predicted molar refractivity (Wildman–Crippen MR) is 122 cm³/mol. The Morgan fingerprint density at radius 3 is 2.47 bits per heavy atom. The molecule has 0 aliphatic rings. The molecule has 0 radical (unpaired) electrons. The van der Waals surface area contributed by atoms with E-state index >= 15 is 0 Å². The first-order valence-corrected chi connectivity index (χ1v) is 11.3. The number of hydrogen-bond acceptors (Lipinski definition) is 7. The van der Waals surface area contributed by atoms with Crippen molar-refractivity contribution in [1.29, 1.82) is 0 Å². The number of thioether (sulfide) groups is 1. The zero-order valence-corrected chi connectivity index (χ0v) is 19.0. The van der Waals surface area contributed by atoms with Crippen molar-refractivity contribution < 1.29 is 9.47 Å². The Bertz CT molecular complexity index is 1160. The van der Waals surface area contributed by atoms with Gasteiger partial charge in [-0.3, -0.25) is 0 Å². The van der Waals surface area contributed by atoms with Gasteiger partial charge in [0.2, 0.25) is 0 Å². The second kappa shape index (κ2) is 9.07. The van der Waals surface area contributed by atoms with Gasteiger partial charge in [-0.05, 0) is 42.5 Å². The van der Waals surface area contributed by atoms with Gasteiger partial charge in [-0.15, -0.1) is 21.5 Å². The summed E-state index contributed by atoms with van der Waals surface area (Å²) in [5.41, 5.74) is 2.97. The van der Waals surface area contributed by atoms with Crippen molar-refractivity contribution in [3.8, 4) is 33.5 Å². The quantitative estimate of drug-likeness (QED) is 0.337. The van der Waals surface area contributed by atoms with Crippen LogP contribution in [0.3, 0.4) is 0 Å². The third kappa shape index (κ3) is 4.30. The number of hydrogen-bond donors (Lipinski definition) is 0. The fraction of sp³-hybridized carbons (Fsp3) is 0.190. The van der Waals surface area contributed by atoms with Crippen LogP contribution in [0.25, 0.3) is 22.0 Å². The number of aromatic nitrogens is 4. The molecule has 0 amide bonds. The lowest BCUT2D eigenvalue weighted by Gasteiger charge is -2.08. The third-order valence-corrected chi connectivity index (χ3v) is 6.71. The van der Waals surface area contributed by atoms with Gasteiger partial charge in [-0.25, -0.2) is 4.98 Å². The van der Waals surface area contributed by atoms with Crippen LogP contribution in [0.2, 0.25) is 5.02 Å². The molecule has 6 nitrogen and oxygen atoms in total. The summed E-state index contributed by atoms with van der Waals surface area (Å²) in [6, 6.07) is 13.4. The molecule has 0 fully saturated rings. The monoisotopic (exact) mass is 458 g/mol. The largest absolute Gasteiger partial charge is 0.493 e. The van der Waals surface area contributed by atoms with E-state index in [0.29, 0.717) is 22.3 Å². The Morgan fingerprint density at radius 1 is 1.00 bits per heavy atom. The molecule has 154 valence electrons. The van der Waals surface area contributed by atoms with Crippen molar-refractivity contribution in [1.82, 2.24) is 19.7 Å². The van der Waals surface area contributed by atoms with E-state index in [1.807, 2.05) is 54.1 Å². The van der Waals surface area contributed by atoms with Crippen molar-refractivity contribution in [2.24, 2.45) is 7.05 Å². The highest BCUT2D eigenvalue weighted by Gasteiger charge is 2.13. The summed E-state index contributed by atoms with van der Waals surface area (Å²) in [7, 11) is 5.22. The lowest BCUT2D eigenvalue weighted by Crippen LogP contribution is -1.95. The third-order valence-electron chi connectivity index (χ3n) is 4.47. The van der Waals surface area contributed by atoms with Gasteiger partial charge < -0.3 is 14.0 Å². The molecule has 30 heavy (non-hydrogen) atoms. The van der Waals surface area contributed by atoms with Gasteiger partial charge in [-0.2, -0.15) is 0 Å². The van der Waals surface area contributed by atoms with Gasteiger partial charge in [0.25, 0.3) is 0 Å². The molecule has 0 atom stereocenters. The van der Waals surface area contributed by atoms with Crippen LogP contribution >= 0.6 is 34.7 Å². The number of ether oxygens (including phenoxy) is 2. The number of rotatable bonds is 7. The highest BCUT2D eigenvalue weighted by atomic mass is 35.5. The second-order valence-corrected chi connectivity index (χ2v) is 8.61. The minimum absolute atomic E-state index is 0.690. The lowest BCUT2D eigenvalue weighted by molar-refractivity contribution is 0.355. The predicted octanol–water partition coefficient (Wildman–Crippen LogP) is 5.57. The van der Waals surface area contributed by atoms with E-state index < -0.39 is 0 Å². The van der Waals surface area contributed by atoms with Crippen LogP contribution in [0.4, 0.5) is 0 Å². The van der Waals surface area contributed by atoms with Gasteiger partial charge in [0.1, 0.15) is 5.01 Å². The summed E-state index contributed by atoms with van der Waals surface area (Å²) >= 11 is 9.18. The standard InChI is InChI=1S/C21H19ClN4O2S2/c1-26-19(13-4-7-15(22)8-5-13)24-25-21(26)30-12-16-11-29-20(23-16)14-6-9-17(27-2)18(10-14)28-3/h4-11H,12H2,1-3H3. The van der Waals surface area contributed by atoms with Gasteiger partial charge in [0.05, 0.1) is 19.9 Å². The molecule has 0 bridgehead atoms. The summed E-state index contributed by atoms with van der Waals surface area (Å²) in [6.07, 6.45) is 0. The van der Waals surface area contributed by atoms with Crippen molar-refractivity contribution in [2.75, 3.05) is 14.2 Å². The van der Waals surface area contributed by atoms with E-state index in [4.69, 9.17) is 26.1 Å². The first kappa shape index (κ1) is 20.7. The first-order chi connectivity index (χ1) is 14.6. The van der Waals surface area contributed by atoms with Crippen LogP contribution in [0, 0.1) is 0 Å². The number of halogens is 1. The van der Waals surface area contributed by atoms with E-state index in [1.165, 1.54) is 0 Å². The van der Waals surface area contributed by atoms with Crippen molar-refractivity contribution >= 4 is 34.7 Å². The molecule has 0 saturated carbocycles. The second-order valence-electron chi connectivity index (χ2n) is 6.37. The van der Waals surface area contributed by atoms with Crippen molar-refractivity contribution in [2.45, 2.75) is 10.9 Å². The molecule has 2 aromatic carbocycles. The maximum atomic E-state index is 5.97. The molecular weight excluding hydrogens is 440 g/mol. The molecule has 2 aromatic heterocycles. The summed E-state index contributed by atoms with van der Waals surface area (Å²) in [5, 5.41) is 13.2. The summed E-state index contributed by atoms with van der Waals surface area (Å²) in [4.78, 5) is 4.76. The first-order valence-electron chi connectivity index (χ1n) is 9.04. The molecule has 9 heteroatoms. The smallest absolute Gasteiger partial charge is 0.191 e. The zero-order chi connectivity index (χ0) is 21.1.